The van der Waals surface area contributed by atoms with Crippen LogP contribution in [0.3, 0.4) is 0 Å². The molecule has 1 saturated carbocycles. The maximum atomic E-state index is 12.0. The van der Waals surface area contributed by atoms with Gasteiger partial charge in [-0.1, -0.05) is 6.07 Å². The Morgan fingerprint density at radius 3 is 2.89 bits per heavy atom. The lowest BCUT2D eigenvalue weighted by molar-refractivity contribution is -0.00866. The summed E-state index contributed by atoms with van der Waals surface area (Å²) in [5.41, 5.74) is 0.457. The number of aromatic nitrogens is 1. The van der Waals surface area contributed by atoms with E-state index >= 15 is 0 Å². The molecule has 0 spiro atoms. The Morgan fingerprint density at radius 1 is 1.42 bits per heavy atom. The molecular formula is C14H21N3O2. The first-order valence-corrected chi connectivity index (χ1v) is 6.86. The Bertz CT molecular complexity index is 430. The van der Waals surface area contributed by atoms with Gasteiger partial charge in [-0.15, -0.1) is 0 Å². The lowest BCUT2D eigenvalue weighted by atomic mass is 9.89. The first kappa shape index (κ1) is 13.8. The maximum Gasteiger partial charge on any atom is 0.270 e. The van der Waals surface area contributed by atoms with Crippen LogP contribution in [-0.2, 0) is 4.74 Å². The average molecular weight is 263 g/mol. The number of hydrogen-bond donors (Lipinski definition) is 2. The van der Waals surface area contributed by atoms with Crippen molar-refractivity contribution in [2.75, 3.05) is 18.5 Å². The zero-order valence-electron chi connectivity index (χ0n) is 11.5. The molecule has 0 bridgehead atoms. The number of nitrogens with zero attached hydrogens (tertiary/aromatic N) is 1. The number of amides is 1. The fourth-order valence-corrected chi connectivity index (χ4v) is 2.16. The summed E-state index contributed by atoms with van der Waals surface area (Å²) in [4.78, 5) is 16.3. The summed E-state index contributed by atoms with van der Waals surface area (Å²) in [6.45, 7) is 5.51. The molecule has 0 unspecified atom stereocenters. The Hall–Kier alpha value is -1.62. The summed E-state index contributed by atoms with van der Waals surface area (Å²) in [5, 5.41) is 6.08. The Kier molecular flexibility index (Phi) is 4.74. The number of carbonyl (C=O) groups is 1. The van der Waals surface area contributed by atoms with E-state index in [4.69, 9.17) is 4.74 Å². The molecule has 2 N–H and O–H groups in total. The molecule has 5 nitrogen and oxygen atoms in total. The minimum Gasteiger partial charge on any atom is -0.378 e. The van der Waals surface area contributed by atoms with Gasteiger partial charge in [0.2, 0.25) is 0 Å². The molecule has 1 aliphatic carbocycles. The quantitative estimate of drug-likeness (QED) is 0.821. The van der Waals surface area contributed by atoms with E-state index < -0.39 is 0 Å². The van der Waals surface area contributed by atoms with E-state index in [1.54, 1.807) is 6.07 Å². The molecule has 1 aliphatic rings. The van der Waals surface area contributed by atoms with Crippen LogP contribution in [0.5, 0.6) is 0 Å². The Balaban J connectivity index is 1.85. The third kappa shape index (κ3) is 3.67. The van der Waals surface area contributed by atoms with Crippen LogP contribution in [0.15, 0.2) is 18.2 Å². The molecule has 0 saturated heterocycles. The number of rotatable bonds is 6. The number of hydrogen-bond acceptors (Lipinski definition) is 4. The van der Waals surface area contributed by atoms with Gasteiger partial charge in [0.1, 0.15) is 11.5 Å². The van der Waals surface area contributed by atoms with Gasteiger partial charge in [-0.3, -0.25) is 4.79 Å². The van der Waals surface area contributed by atoms with E-state index in [1.165, 1.54) is 0 Å². The highest BCUT2D eigenvalue weighted by molar-refractivity contribution is 5.92. The van der Waals surface area contributed by atoms with Gasteiger partial charge >= 0.3 is 0 Å². The van der Waals surface area contributed by atoms with Crippen LogP contribution in [0, 0.1) is 0 Å². The zero-order valence-corrected chi connectivity index (χ0v) is 11.5. The molecule has 1 aromatic rings. The van der Waals surface area contributed by atoms with Crippen LogP contribution in [0.4, 0.5) is 5.82 Å². The van der Waals surface area contributed by atoms with E-state index in [2.05, 4.69) is 15.6 Å². The first-order chi connectivity index (χ1) is 9.22. The van der Waals surface area contributed by atoms with Crippen molar-refractivity contribution in [2.45, 2.75) is 38.8 Å². The molecule has 0 aliphatic heterocycles. The minimum atomic E-state index is -0.111. The van der Waals surface area contributed by atoms with Crippen molar-refractivity contribution in [1.82, 2.24) is 10.3 Å². The fourth-order valence-electron chi connectivity index (χ4n) is 2.16. The van der Waals surface area contributed by atoms with Gasteiger partial charge in [0.05, 0.1) is 6.10 Å². The summed E-state index contributed by atoms with van der Waals surface area (Å²) in [6.07, 6.45) is 2.09. The summed E-state index contributed by atoms with van der Waals surface area (Å²) in [5.74, 6) is 0.621. The third-order valence-corrected chi connectivity index (χ3v) is 3.17. The lowest BCUT2D eigenvalue weighted by Gasteiger charge is -2.35. The molecule has 1 fully saturated rings. The number of anilines is 1. The smallest absolute Gasteiger partial charge is 0.270 e. The lowest BCUT2D eigenvalue weighted by Crippen LogP contribution is -2.48. The largest absolute Gasteiger partial charge is 0.378 e. The molecule has 5 heteroatoms. The molecule has 1 heterocycles. The van der Waals surface area contributed by atoms with Crippen LogP contribution in [0.1, 0.15) is 37.2 Å². The fraction of sp³-hybridized carbons (Fsp3) is 0.571. The van der Waals surface area contributed by atoms with E-state index in [1.807, 2.05) is 26.0 Å². The van der Waals surface area contributed by atoms with Crippen molar-refractivity contribution in [1.29, 1.82) is 0 Å². The second-order valence-electron chi connectivity index (χ2n) is 4.66. The van der Waals surface area contributed by atoms with E-state index in [-0.39, 0.29) is 11.9 Å². The van der Waals surface area contributed by atoms with Gasteiger partial charge in [-0.25, -0.2) is 4.98 Å². The second kappa shape index (κ2) is 6.52. The highest BCUT2D eigenvalue weighted by Gasteiger charge is 2.31. The molecule has 19 heavy (non-hydrogen) atoms. The minimum absolute atomic E-state index is 0.111. The highest BCUT2D eigenvalue weighted by Crippen LogP contribution is 2.23. The second-order valence-corrected chi connectivity index (χ2v) is 4.66. The van der Waals surface area contributed by atoms with Crippen molar-refractivity contribution < 1.29 is 9.53 Å². The summed E-state index contributed by atoms with van der Waals surface area (Å²) in [7, 11) is 0. The first-order valence-electron chi connectivity index (χ1n) is 6.86. The molecular weight excluding hydrogens is 242 g/mol. The van der Waals surface area contributed by atoms with Crippen molar-refractivity contribution in [3.63, 3.8) is 0 Å². The number of nitrogens with one attached hydrogen (secondary N) is 2. The van der Waals surface area contributed by atoms with Gasteiger partial charge < -0.3 is 15.4 Å². The molecule has 0 radical (unpaired) electrons. The van der Waals surface area contributed by atoms with Gasteiger partial charge in [-0.05, 0) is 38.8 Å². The summed E-state index contributed by atoms with van der Waals surface area (Å²) >= 11 is 0. The standard InChI is InChI=1S/C14H21N3O2/c1-3-15-13-7-5-6-12(17-13)14(18)16-10-8-11(9-10)19-4-2/h5-7,10-11H,3-4,8-9H2,1-2H3,(H,15,17)(H,16,18). The molecule has 0 aromatic carbocycles. The molecule has 0 atom stereocenters. The summed E-state index contributed by atoms with van der Waals surface area (Å²) < 4.78 is 5.47. The molecule has 104 valence electrons. The maximum absolute atomic E-state index is 12.0. The van der Waals surface area contributed by atoms with Crippen molar-refractivity contribution in [3.8, 4) is 0 Å². The SMILES string of the molecule is CCNc1cccc(C(=O)NC2CC(OCC)C2)n1. The van der Waals surface area contributed by atoms with Crippen LogP contribution in [-0.4, -0.2) is 36.2 Å². The normalized spacial score (nSPS) is 21.6. The van der Waals surface area contributed by atoms with Crippen molar-refractivity contribution >= 4 is 11.7 Å². The average Bonchev–Trinajstić information content (AvgIpc) is 2.37. The van der Waals surface area contributed by atoms with Gasteiger partial charge in [0.25, 0.3) is 5.91 Å². The van der Waals surface area contributed by atoms with Gasteiger partial charge in [0.15, 0.2) is 0 Å². The van der Waals surface area contributed by atoms with Crippen LogP contribution < -0.4 is 10.6 Å². The van der Waals surface area contributed by atoms with E-state index in [0.29, 0.717) is 11.8 Å². The predicted molar refractivity (Wildman–Crippen MR) is 74.3 cm³/mol. The van der Waals surface area contributed by atoms with Crippen LogP contribution in [0.25, 0.3) is 0 Å². The van der Waals surface area contributed by atoms with Gasteiger partial charge in [-0.2, -0.15) is 0 Å². The third-order valence-electron chi connectivity index (χ3n) is 3.17. The van der Waals surface area contributed by atoms with Crippen LogP contribution >= 0.6 is 0 Å². The number of pyridine rings is 1. The van der Waals surface area contributed by atoms with E-state index in [9.17, 15) is 4.79 Å². The van der Waals surface area contributed by atoms with Crippen LogP contribution in [0.2, 0.25) is 0 Å². The van der Waals surface area contributed by atoms with Gasteiger partial charge in [0, 0.05) is 19.2 Å². The zero-order chi connectivity index (χ0) is 13.7. The summed E-state index contributed by atoms with van der Waals surface area (Å²) in [6, 6.07) is 5.64. The van der Waals surface area contributed by atoms with E-state index in [0.717, 1.165) is 31.8 Å². The topological polar surface area (TPSA) is 63.2 Å². The van der Waals surface area contributed by atoms with Crippen molar-refractivity contribution in [3.05, 3.63) is 23.9 Å². The van der Waals surface area contributed by atoms with Crippen molar-refractivity contribution in [2.24, 2.45) is 0 Å². The predicted octanol–water partition coefficient (Wildman–Crippen LogP) is 1.81. The molecule has 2 rings (SSSR count). The number of carbonyl (C=O) groups excluding carboxylic acids is 1. The monoisotopic (exact) mass is 263 g/mol. The molecule has 1 amide bonds. The Labute approximate surface area is 113 Å². The number of ether oxygens (including phenoxy) is 1. The highest BCUT2D eigenvalue weighted by atomic mass is 16.5. The Morgan fingerprint density at radius 2 is 2.21 bits per heavy atom. The molecule has 1 aromatic heterocycles.